The Balaban J connectivity index is 1.73. The van der Waals surface area contributed by atoms with Gasteiger partial charge < -0.3 is 15.2 Å². The Bertz CT molecular complexity index is 203. The van der Waals surface area contributed by atoms with Gasteiger partial charge in [0.15, 0.2) is 0 Å². The van der Waals surface area contributed by atoms with Gasteiger partial charge in [-0.1, -0.05) is 19.3 Å². The Kier molecular flexibility index (Phi) is 8.01. The van der Waals surface area contributed by atoms with Gasteiger partial charge in [0.1, 0.15) is 0 Å². The summed E-state index contributed by atoms with van der Waals surface area (Å²) in [6.45, 7) is 2.68. The largest absolute Gasteiger partial charge is 0.481 e. The molecule has 0 amide bonds. The van der Waals surface area contributed by atoms with Crippen molar-refractivity contribution in [3.8, 4) is 0 Å². The molecule has 0 saturated heterocycles. The zero-order valence-electron chi connectivity index (χ0n) is 10.6. The molecule has 0 aliphatic heterocycles. The van der Waals surface area contributed by atoms with Gasteiger partial charge >= 0.3 is 5.97 Å². The molecule has 17 heavy (non-hydrogen) atoms. The summed E-state index contributed by atoms with van der Waals surface area (Å²) < 4.78 is 5.72. The van der Waals surface area contributed by atoms with Crippen LogP contribution in [0, 0.1) is 0 Å². The molecule has 1 rings (SSSR count). The van der Waals surface area contributed by atoms with Crippen molar-refractivity contribution < 1.29 is 14.6 Å². The highest BCUT2D eigenvalue weighted by Crippen LogP contribution is 2.20. The van der Waals surface area contributed by atoms with E-state index in [1.165, 1.54) is 25.7 Å². The Labute approximate surface area is 104 Å². The van der Waals surface area contributed by atoms with Crippen LogP contribution in [0.4, 0.5) is 0 Å². The van der Waals surface area contributed by atoms with Crippen LogP contribution in [-0.2, 0) is 9.53 Å². The number of nitrogens with one attached hydrogen (secondary N) is 1. The molecule has 2 N–H and O–H groups in total. The van der Waals surface area contributed by atoms with E-state index in [-0.39, 0.29) is 0 Å². The van der Waals surface area contributed by atoms with E-state index in [0.717, 1.165) is 39.0 Å². The van der Waals surface area contributed by atoms with E-state index in [4.69, 9.17) is 9.84 Å². The number of hydrogen-bond donors (Lipinski definition) is 2. The molecule has 0 atom stereocenters. The van der Waals surface area contributed by atoms with Gasteiger partial charge in [-0.3, -0.25) is 4.79 Å². The lowest BCUT2D eigenvalue weighted by Gasteiger charge is -2.11. The Morgan fingerprint density at radius 3 is 2.65 bits per heavy atom. The molecule has 0 aromatic rings. The summed E-state index contributed by atoms with van der Waals surface area (Å²) in [5, 5.41) is 11.8. The zero-order valence-corrected chi connectivity index (χ0v) is 10.6. The van der Waals surface area contributed by atoms with E-state index in [0.29, 0.717) is 12.5 Å². The van der Waals surface area contributed by atoms with Gasteiger partial charge in [-0.2, -0.15) is 0 Å². The van der Waals surface area contributed by atoms with Crippen LogP contribution >= 0.6 is 0 Å². The van der Waals surface area contributed by atoms with E-state index in [9.17, 15) is 4.79 Å². The maximum absolute atomic E-state index is 10.3. The molecule has 1 fully saturated rings. The maximum Gasteiger partial charge on any atom is 0.303 e. The second-order valence-electron chi connectivity index (χ2n) is 4.73. The summed E-state index contributed by atoms with van der Waals surface area (Å²) >= 11 is 0. The topological polar surface area (TPSA) is 58.6 Å². The van der Waals surface area contributed by atoms with Crippen molar-refractivity contribution >= 4 is 5.97 Å². The second-order valence-corrected chi connectivity index (χ2v) is 4.73. The molecule has 100 valence electrons. The van der Waals surface area contributed by atoms with E-state index < -0.39 is 5.97 Å². The monoisotopic (exact) mass is 243 g/mol. The minimum atomic E-state index is -0.692. The van der Waals surface area contributed by atoms with Gasteiger partial charge in [0.2, 0.25) is 0 Å². The first-order chi connectivity index (χ1) is 8.29. The number of carbonyl (C=O) groups is 1. The predicted molar refractivity (Wildman–Crippen MR) is 67.2 cm³/mol. The number of unbranched alkanes of at least 4 members (excludes halogenated alkanes) is 2. The smallest absolute Gasteiger partial charge is 0.303 e. The van der Waals surface area contributed by atoms with E-state index in [2.05, 4.69) is 5.32 Å². The third kappa shape index (κ3) is 8.16. The van der Waals surface area contributed by atoms with Gasteiger partial charge in [0.25, 0.3) is 0 Å². The Hall–Kier alpha value is -0.610. The summed E-state index contributed by atoms with van der Waals surface area (Å²) in [7, 11) is 0. The van der Waals surface area contributed by atoms with Crippen LogP contribution in [-0.4, -0.2) is 36.9 Å². The minimum absolute atomic E-state index is 0.296. The van der Waals surface area contributed by atoms with Gasteiger partial charge in [-0.05, 0) is 32.2 Å². The first-order valence-corrected chi connectivity index (χ1v) is 6.83. The van der Waals surface area contributed by atoms with Crippen molar-refractivity contribution in [1.82, 2.24) is 5.32 Å². The zero-order chi connectivity index (χ0) is 12.3. The van der Waals surface area contributed by atoms with Crippen molar-refractivity contribution in [1.29, 1.82) is 0 Å². The molecule has 0 bridgehead atoms. The quantitative estimate of drug-likeness (QED) is 0.577. The number of rotatable bonds is 10. The predicted octanol–water partition coefficient (Wildman–Crippen LogP) is 2.18. The highest BCUT2D eigenvalue weighted by Gasteiger charge is 2.14. The fourth-order valence-corrected chi connectivity index (χ4v) is 2.18. The number of carboxylic acid groups (broad SMARTS) is 1. The van der Waals surface area contributed by atoms with Crippen molar-refractivity contribution in [2.75, 3.05) is 19.7 Å². The maximum atomic E-state index is 10.3. The molecule has 4 nitrogen and oxygen atoms in total. The highest BCUT2D eigenvalue weighted by atomic mass is 16.5. The summed E-state index contributed by atoms with van der Waals surface area (Å²) in [6.07, 6.45) is 8.74. The molecule has 4 heteroatoms. The Morgan fingerprint density at radius 1 is 1.18 bits per heavy atom. The Morgan fingerprint density at radius 2 is 1.94 bits per heavy atom. The van der Waals surface area contributed by atoms with E-state index in [1.807, 2.05) is 0 Å². The molecule has 1 aliphatic carbocycles. The average Bonchev–Trinajstić information content (AvgIpc) is 2.79. The lowest BCUT2D eigenvalue weighted by atomic mass is 10.2. The molecular formula is C13H25NO3. The van der Waals surface area contributed by atoms with E-state index in [1.54, 1.807) is 0 Å². The van der Waals surface area contributed by atoms with Gasteiger partial charge in [-0.15, -0.1) is 0 Å². The highest BCUT2D eigenvalue weighted by molar-refractivity contribution is 5.66. The van der Waals surface area contributed by atoms with Crippen LogP contribution < -0.4 is 5.32 Å². The van der Waals surface area contributed by atoms with Crippen LogP contribution in [0.15, 0.2) is 0 Å². The van der Waals surface area contributed by atoms with Crippen LogP contribution in [0.3, 0.4) is 0 Å². The summed E-state index contributed by atoms with van der Waals surface area (Å²) in [6, 6.07) is 0. The normalized spacial score (nSPS) is 16.5. The van der Waals surface area contributed by atoms with Crippen LogP contribution in [0.2, 0.25) is 0 Å². The summed E-state index contributed by atoms with van der Waals surface area (Å²) in [5.74, 6) is -0.692. The summed E-state index contributed by atoms with van der Waals surface area (Å²) in [4.78, 5) is 10.3. The lowest BCUT2D eigenvalue weighted by Crippen LogP contribution is -2.23. The van der Waals surface area contributed by atoms with Gasteiger partial charge in [0.05, 0.1) is 12.7 Å². The molecule has 1 aliphatic rings. The third-order valence-electron chi connectivity index (χ3n) is 3.18. The fraction of sp³-hybridized carbons (Fsp3) is 0.923. The molecule has 0 aromatic carbocycles. The lowest BCUT2D eigenvalue weighted by molar-refractivity contribution is -0.137. The van der Waals surface area contributed by atoms with Gasteiger partial charge in [-0.25, -0.2) is 0 Å². The van der Waals surface area contributed by atoms with Crippen molar-refractivity contribution in [3.05, 3.63) is 0 Å². The number of carboxylic acids is 1. The molecular weight excluding hydrogens is 218 g/mol. The summed E-state index contributed by atoms with van der Waals surface area (Å²) in [5.41, 5.74) is 0. The van der Waals surface area contributed by atoms with Crippen LogP contribution in [0.5, 0.6) is 0 Å². The standard InChI is InChI=1S/C13H25NO3/c15-13(16)8-2-1-5-9-14-10-11-17-12-6-3-4-7-12/h12,14H,1-11H2,(H,15,16). The van der Waals surface area contributed by atoms with Crippen LogP contribution in [0.1, 0.15) is 51.4 Å². The van der Waals surface area contributed by atoms with Crippen molar-refractivity contribution in [2.45, 2.75) is 57.5 Å². The fourth-order valence-electron chi connectivity index (χ4n) is 2.18. The molecule has 1 saturated carbocycles. The van der Waals surface area contributed by atoms with Crippen molar-refractivity contribution in [2.24, 2.45) is 0 Å². The molecule has 0 unspecified atom stereocenters. The third-order valence-corrected chi connectivity index (χ3v) is 3.18. The first kappa shape index (κ1) is 14.5. The van der Waals surface area contributed by atoms with Gasteiger partial charge in [0, 0.05) is 13.0 Å². The average molecular weight is 243 g/mol. The number of ether oxygens (including phenoxy) is 1. The SMILES string of the molecule is O=C(O)CCCCCNCCOC1CCCC1. The molecule has 0 aromatic heterocycles. The second kappa shape index (κ2) is 9.42. The van der Waals surface area contributed by atoms with Crippen molar-refractivity contribution in [3.63, 3.8) is 0 Å². The first-order valence-electron chi connectivity index (χ1n) is 6.83. The minimum Gasteiger partial charge on any atom is -0.481 e. The van der Waals surface area contributed by atoms with E-state index >= 15 is 0 Å². The number of hydrogen-bond acceptors (Lipinski definition) is 3. The molecule has 0 heterocycles. The number of aliphatic carboxylic acids is 1. The molecule has 0 radical (unpaired) electrons. The molecule has 0 spiro atoms. The van der Waals surface area contributed by atoms with Crippen LogP contribution in [0.25, 0.3) is 0 Å².